The van der Waals surface area contributed by atoms with E-state index in [-0.39, 0.29) is 5.78 Å². The summed E-state index contributed by atoms with van der Waals surface area (Å²) >= 11 is 3.52. The van der Waals surface area contributed by atoms with Crippen LogP contribution in [0.25, 0.3) is 0 Å². The molecule has 0 atom stereocenters. The van der Waals surface area contributed by atoms with Crippen LogP contribution < -0.4 is 4.90 Å². The standard InChI is InChI=1S/C16H22BrNO/c1-4-16(5-2)8-9-18(11-16)15-10-13(17)6-7-14(15)12(3)19/h6-7,10H,4-5,8-9,11H2,1-3H3. The number of carbonyl (C=O) groups is 1. The maximum absolute atomic E-state index is 11.8. The molecule has 0 N–H and O–H groups in total. The lowest BCUT2D eigenvalue weighted by Crippen LogP contribution is -2.27. The summed E-state index contributed by atoms with van der Waals surface area (Å²) in [5.41, 5.74) is 2.35. The molecule has 1 saturated heterocycles. The Bertz CT molecular complexity index is 480. The van der Waals surface area contributed by atoms with Crippen LogP contribution in [0.1, 0.15) is 50.4 Å². The molecule has 0 aromatic heterocycles. The predicted octanol–water partition coefficient (Wildman–Crippen LogP) is 4.67. The normalized spacial score (nSPS) is 17.8. The fourth-order valence-electron chi connectivity index (χ4n) is 3.03. The van der Waals surface area contributed by atoms with E-state index in [0.717, 1.165) is 28.8 Å². The predicted molar refractivity (Wildman–Crippen MR) is 84.0 cm³/mol. The maximum Gasteiger partial charge on any atom is 0.161 e. The molecule has 1 fully saturated rings. The molecule has 104 valence electrons. The van der Waals surface area contributed by atoms with E-state index in [0.29, 0.717) is 5.41 Å². The number of nitrogens with zero attached hydrogens (tertiary/aromatic N) is 1. The second kappa shape index (κ2) is 5.66. The van der Waals surface area contributed by atoms with Crippen molar-refractivity contribution in [2.24, 2.45) is 5.41 Å². The quantitative estimate of drug-likeness (QED) is 0.750. The molecule has 2 nitrogen and oxygen atoms in total. The van der Waals surface area contributed by atoms with Gasteiger partial charge in [-0.1, -0.05) is 29.8 Å². The van der Waals surface area contributed by atoms with Crippen molar-refractivity contribution in [1.29, 1.82) is 0 Å². The molecule has 0 unspecified atom stereocenters. The number of hydrogen-bond donors (Lipinski definition) is 0. The number of Topliss-reactive ketones (excluding diaryl/α,β-unsaturated/α-hetero) is 1. The number of ketones is 1. The number of benzene rings is 1. The van der Waals surface area contributed by atoms with E-state index < -0.39 is 0 Å². The van der Waals surface area contributed by atoms with Crippen molar-refractivity contribution < 1.29 is 4.79 Å². The zero-order valence-corrected chi connectivity index (χ0v) is 13.6. The summed E-state index contributed by atoms with van der Waals surface area (Å²) in [6.07, 6.45) is 3.65. The van der Waals surface area contributed by atoms with Gasteiger partial charge in [0.1, 0.15) is 0 Å². The molecule has 0 bridgehead atoms. The second-order valence-corrected chi connectivity index (χ2v) is 6.51. The first-order valence-electron chi connectivity index (χ1n) is 7.07. The second-order valence-electron chi connectivity index (χ2n) is 5.60. The van der Waals surface area contributed by atoms with Crippen LogP contribution in [0.5, 0.6) is 0 Å². The van der Waals surface area contributed by atoms with Gasteiger partial charge in [-0.05, 0) is 49.8 Å². The average Bonchev–Trinajstić information content (AvgIpc) is 2.83. The molecular weight excluding hydrogens is 302 g/mol. The Labute approximate surface area is 124 Å². The minimum atomic E-state index is 0.146. The smallest absolute Gasteiger partial charge is 0.161 e. The van der Waals surface area contributed by atoms with Crippen molar-refractivity contribution in [2.45, 2.75) is 40.0 Å². The monoisotopic (exact) mass is 323 g/mol. The number of rotatable bonds is 4. The summed E-state index contributed by atoms with van der Waals surface area (Å²) in [5.74, 6) is 0.146. The summed E-state index contributed by atoms with van der Waals surface area (Å²) in [7, 11) is 0. The Morgan fingerprint density at radius 3 is 2.58 bits per heavy atom. The van der Waals surface area contributed by atoms with E-state index in [1.54, 1.807) is 6.92 Å². The Kier molecular flexibility index (Phi) is 4.34. The summed E-state index contributed by atoms with van der Waals surface area (Å²) < 4.78 is 1.04. The Balaban J connectivity index is 2.33. The third-order valence-electron chi connectivity index (χ3n) is 4.62. The molecule has 2 rings (SSSR count). The van der Waals surface area contributed by atoms with Crippen molar-refractivity contribution >= 4 is 27.4 Å². The summed E-state index contributed by atoms with van der Waals surface area (Å²) in [4.78, 5) is 14.2. The molecule has 1 aromatic carbocycles. The van der Waals surface area contributed by atoms with Crippen molar-refractivity contribution in [1.82, 2.24) is 0 Å². The van der Waals surface area contributed by atoms with Crippen LogP contribution in [0.3, 0.4) is 0 Å². The van der Waals surface area contributed by atoms with Crippen LogP contribution in [-0.2, 0) is 0 Å². The number of carbonyl (C=O) groups excluding carboxylic acids is 1. The van der Waals surface area contributed by atoms with Crippen LogP contribution in [-0.4, -0.2) is 18.9 Å². The molecule has 3 heteroatoms. The molecule has 0 spiro atoms. The van der Waals surface area contributed by atoms with Gasteiger partial charge in [-0.2, -0.15) is 0 Å². The van der Waals surface area contributed by atoms with Crippen LogP contribution in [0.15, 0.2) is 22.7 Å². The van der Waals surface area contributed by atoms with E-state index in [9.17, 15) is 4.79 Å². The Morgan fingerprint density at radius 1 is 1.37 bits per heavy atom. The van der Waals surface area contributed by atoms with Gasteiger partial charge < -0.3 is 4.90 Å². The molecule has 1 aromatic rings. The van der Waals surface area contributed by atoms with E-state index in [2.05, 4.69) is 40.7 Å². The number of hydrogen-bond acceptors (Lipinski definition) is 2. The molecule has 1 aliphatic rings. The molecular formula is C16H22BrNO. The number of anilines is 1. The molecule has 0 radical (unpaired) electrons. The Morgan fingerprint density at radius 2 is 2.05 bits per heavy atom. The summed E-state index contributed by atoms with van der Waals surface area (Å²) in [5, 5.41) is 0. The van der Waals surface area contributed by atoms with Gasteiger partial charge in [-0.25, -0.2) is 0 Å². The zero-order chi connectivity index (χ0) is 14.0. The first-order valence-corrected chi connectivity index (χ1v) is 7.86. The van der Waals surface area contributed by atoms with Crippen molar-refractivity contribution in [2.75, 3.05) is 18.0 Å². The minimum Gasteiger partial charge on any atom is -0.370 e. The Hall–Kier alpha value is -0.830. The lowest BCUT2D eigenvalue weighted by molar-refractivity contribution is 0.101. The van der Waals surface area contributed by atoms with Gasteiger partial charge in [0.2, 0.25) is 0 Å². The molecule has 1 heterocycles. The summed E-state index contributed by atoms with van der Waals surface area (Å²) in [6.45, 7) is 8.32. The van der Waals surface area contributed by atoms with Gasteiger partial charge in [-0.3, -0.25) is 4.79 Å². The van der Waals surface area contributed by atoms with Crippen molar-refractivity contribution in [3.8, 4) is 0 Å². The number of halogens is 1. The van der Waals surface area contributed by atoms with Gasteiger partial charge in [-0.15, -0.1) is 0 Å². The van der Waals surface area contributed by atoms with Gasteiger partial charge >= 0.3 is 0 Å². The van der Waals surface area contributed by atoms with Crippen LogP contribution in [0.4, 0.5) is 5.69 Å². The van der Waals surface area contributed by atoms with E-state index >= 15 is 0 Å². The lowest BCUT2D eigenvalue weighted by atomic mass is 9.82. The van der Waals surface area contributed by atoms with Gasteiger partial charge in [0.05, 0.1) is 0 Å². The van der Waals surface area contributed by atoms with Crippen LogP contribution in [0, 0.1) is 5.41 Å². The molecule has 0 saturated carbocycles. The third kappa shape index (κ3) is 2.86. The van der Waals surface area contributed by atoms with Gasteiger partial charge in [0, 0.05) is 28.8 Å². The molecule has 0 amide bonds. The highest BCUT2D eigenvalue weighted by Gasteiger charge is 2.35. The summed E-state index contributed by atoms with van der Waals surface area (Å²) in [6, 6.07) is 5.96. The van der Waals surface area contributed by atoms with Gasteiger partial charge in [0.15, 0.2) is 5.78 Å². The third-order valence-corrected chi connectivity index (χ3v) is 5.11. The highest BCUT2D eigenvalue weighted by atomic mass is 79.9. The molecule has 1 aliphatic heterocycles. The first kappa shape index (κ1) is 14.6. The van der Waals surface area contributed by atoms with Crippen LogP contribution >= 0.6 is 15.9 Å². The fourth-order valence-corrected chi connectivity index (χ4v) is 3.38. The average molecular weight is 324 g/mol. The molecule has 19 heavy (non-hydrogen) atoms. The first-order chi connectivity index (χ1) is 9.01. The largest absolute Gasteiger partial charge is 0.370 e. The van der Waals surface area contributed by atoms with Crippen molar-refractivity contribution in [3.05, 3.63) is 28.2 Å². The van der Waals surface area contributed by atoms with Gasteiger partial charge in [0.25, 0.3) is 0 Å². The minimum absolute atomic E-state index is 0.146. The zero-order valence-electron chi connectivity index (χ0n) is 12.0. The van der Waals surface area contributed by atoms with E-state index in [1.807, 2.05) is 12.1 Å². The highest BCUT2D eigenvalue weighted by molar-refractivity contribution is 9.10. The van der Waals surface area contributed by atoms with Crippen LogP contribution in [0.2, 0.25) is 0 Å². The lowest BCUT2D eigenvalue weighted by Gasteiger charge is -2.28. The maximum atomic E-state index is 11.8. The highest BCUT2D eigenvalue weighted by Crippen LogP contribution is 2.40. The van der Waals surface area contributed by atoms with Crippen molar-refractivity contribution in [3.63, 3.8) is 0 Å². The SMILES string of the molecule is CCC1(CC)CCN(c2cc(Br)ccc2C(C)=O)C1. The van der Waals surface area contributed by atoms with E-state index in [4.69, 9.17) is 0 Å². The topological polar surface area (TPSA) is 20.3 Å². The fraction of sp³-hybridized carbons (Fsp3) is 0.562. The van der Waals surface area contributed by atoms with E-state index in [1.165, 1.54) is 19.3 Å². The molecule has 0 aliphatic carbocycles.